The number of unbranched alkanes of at least 4 members (excludes halogenated alkanes) is 3. The van der Waals surface area contributed by atoms with Crippen LogP contribution in [0.25, 0.3) is 0 Å². The molecule has 570 valence electrons. The number of esters is 3. The molecule has 3 aromatic carbocycles. The van der Waals surface area contributed by atoms with E-state index in [0.717, 1.165) is 127 Å². The van der Waals surface area contributed by atoms with Crippen molar-refractivity contribution >= 4 is 17.9 Å². The molecule has 12 rings (SSSR count). The lowest BCUT2D eigenvalue weighted by atomic mass is 9.69. The Bertz CT molecular complexity index is 2750. The molecule has 3 aromatic rings. The number of hydrogen-bond donors (Lipinski definition) is 0. The molecule has 0 saturated heterocycles. The van der Waals surface area contributed by atoms with Crippen molar-refractivity contribution < 1.29 is 28.6 Å². The maximum Gasteiger partial charge on any atom is 0.314 e. The molecule has 0 atom stereocenters. The summed E-state index contributed by atoms with van der Waals surface area (Å²) in [7, 11) is 0. The molecule has 0 bridgehead atoms. The van der Waals surface area contributed by atoms with E-state index in [1.807, 2.05) is 36.4 Å². The lowest BCUT2D eigenvalue weighted by molar-refractivity contribution is -0.141. The van der Waals surface area contributed by atoms with Gasteiger partial charge in [0.25, 0.3) is 0 Å². The summed E-state index contributed by atoms with van der Waals surface area (Å²) in [6.45, 7) is 13.9. The first-order valence-electron chi connectivity index (χ1n) is 44.9. The molecule has 0 radical (unpaired) electrons. The van der Waals surface area contributed by atoms with E-state index in [0.29, 0.717) is 17.8 Å². The zero-order valence-corrected chi connectivity index (χ0v) is 66.3. The maximum atomic E-state index is 12.9. The second-order valence-electron chi connectivity index (χ2n) is 36.1. The highest BCUT2D eigenvalue weighted by molar-refractivity contribution is 5.76. The smallest absolute Gasteiger partial charge is 0.314 e. The third-order valence-corrected chi connectivity index (χ3v) is 29.2. The summed E-state index contributed by atoms with van der Waals surface area (Å²) in [4.78, 5) is 38.6. The molecule has 0 unspecified atom stereocenters. The van der Waals surface area contributed by atoms with Gasteiger partial charge in [-0.1, -0.05) is 213 Å². The van der Waals surface area contributed by atoms with Gasteiger partial charge in [-0.05, 0) is 334 Å². The van der Waals surface area contributed by atoms with Gasteiger partial charge >= 0.3 is 17.9 Å². The molecule has 6 nitrogen and oxygen atoms in total. The van der Waals surface area contributed by atoms with Gasteiger partial charge in [0.2, 0.25) is 0 Å². The third kappa shape index (κ3) is 25.4. The fourth-order valence-electron chi connectivity index (χ4n) is 22.5. The zero-order chi connectivity index (χ0) is 71.3. The minimum atomic E-state index is 0.00734. The lowest BCUT2D eigenvalue weighted by Crippen LogP contribution is -2.30. The fourth-order valence-corrected chi connectivity index (χ4v) is 22.5. The fraction of sp³-hybridized carbons (Fsp3) is 0.781. The summed E-state index contributed by atoms with van der Waals surface area (Å²) in [5.74, 6) is 15.7. The van der Waals surface area contributed by atoms with Gasteiger partial charge in [0.05, 0.1) is 17.8 Å². The van der Waals surface area contributed by atoms with Gasteiger partial charge in [-0.15, -0.1) is 0 Å². The van der Waals surface area contributed by atoms with Crippen LogP contribution in [0.15, 0.2) is 72.8 Å². The Morgan fingerprint density at radius 3 is 0.667 bits per heavy atom. The minimum absolute atomic E-state index is 0.00734. The SMILES string of the molecule is CCCC1CCC(c2ccc(OC(=O)C3CCC(C4CCC(CCC)CC4)CC3)cc2)CC1.CCCCC1CCC(c2ccc(OC(=O)C3CCC(C4CCC(CCC)CC4)CC3)cc2)CC1.CCCCCC1CCC(c2ccc(OC(=O)C3CCC(C4CCC(CCC)CC4)CC3)cc2)CC1. The molecule has 0 aromatic heterocycles. The molecule has 9 fully saturated rings. The van der Waals surface area contributed by atoms with E-state index in [-0.39, 0.29) is 35.7 Å². The van der Waals surface area contributed by atoms with Crippen molar-refractivity contribution in [3.05, 3.63) is 89.5 Å². The Balaban J connectivity index is 0.000000165. The van der Waals surface area contributed by atoms with Gasteiger partial charge in [0, 0.05) is 0 Å². The summed E-state index contributed by atoms with van der Waals surface area (Å²) in [6, 6.07) is 25.5. The van der Waals surface area contributed by atoms with Crippen LogP contribution in [-0.4, -0.2) is 17.9 Å². The number of rotatable bonds is 27. The highest BCUT2D eigenvalue weighted by atomic mass is 16.5. The van der Waals surface area contributed by atoms with E-state index >= 15 is 0 Å². The summed E-state index contributed by atoms with van der Waals surface area (Å²) in [6.07, 6.45) is 67.6. The summed E-state index contributed by atoms with van der Waals surface area (Å²) >= 11 is 0. The molecule has 9 saturated carbocycles. The number of ether oxygens (including phenoxy) is 3. The van der Waals surface area contributed by atoms with E-state index in [2.05, 4.69) is 77.9 Å². The molecule has 0 N–H and O–H groups in total. The highest BCUT2D eigenvalue weighted by Crippen LogP contribution is 2.48. The predicted molar refractivity (Wildman–Crippen MR) is 426 cm³/mol. The molecule has 6 heteroatoms. The van der Waals surface area contributed by atoms with Crippen LogP contribution >= 0.6 is 0 Å². The average molecular weight is 1400 g/mol. The van der Waals surface area contributed by atoms with Gasteiger partial charge in [-0.25, -0.2) is 0 Å². The Labute approximate surface area is 625 Å². The van der Waals surface area contributed by atoms with Crippen LogP contribution in [-0.2, 0) is 14.4 Å². The molecule has 0 amide bonds. The first kappa shape index (κ1) is 80.6. The van der Waals surface area contributed by atoms with E-state index in [4.69, 9.17) is 14.2 Å². The second kappa shape index (κ2) is 43.8. The summed E-state index contributed by atoms with van der Waals surface area (Å²) in [5.41, 5.74) is 4.30. The van der Waals surface area contributed by atoms with Gasteiger partial charge in [0.15, 0.2) is 0 Å². The average Bonchev–Trinajstić information content (AvgIpc) is 0.866. The van der Waals surface area contributed by atoms with E-state index in [1.165, 1.54) is 306 Å². The Morgan fingerprint density at radius 2 is 0.441 bits per heavy atom. The first-order chi connectivity index (χ1) is 50.0. The Morgan fingerprint density at radius 1 is 0.235 bits per heavy atom. The molecule has 0 spiro atoms. The monoisotopic (exact) mass is 1400 g/mol. The van der Waals surface area contributed by atoms with Crippen LogP contribution in [0.5, 0.6) is 17.2 Å². The van der Waals surface area contributed by atoms with Gasteiger partial charge < -0.3 is 14.2 Å². The molecular formula is C96H150O6. The molecule has 9 aliphatic rings. The van der Waals surface area contributed by atoms with Crippen LogP contribution < -0.4 is 14.2 Å². The van der Waals surface area contributed by atoms with Crippen LogP contribution in [0.4, 0.5) is 0 Å². The molecule has 102 heavy (non-hydrogen) atoms. The van der Waals surface area contributed by atoms with Crippen molar-refractivity contribution in [1.82, 2.24) is 0 Å². The van der Waals surface area contributed by atoms with Crippen molar-refractivity contribution in [3.8, 4) is 17.2 Å². The van der Waals surface area contributed by atoms with Crippen molar-refractivity contribution in [3.63, 3.8) is 0 Å². The largest absolute Gasteiger partial charge is 0.426 e. The molecule has 0 heterocycles. The summed E-state index contributed by atoms with van der Waals surface area (Å²) < 4.78 is 17.5. The van der Waals surface area contributed by atoms with Gasteiger partial charge in [-0.3, -0.25) is 14.4 Å². The quantitative estimate of drug-likeness (QED) is 0.0430. The normalized spacial score (nSPS) is 32.3. The minimum Gasteiger partial charge on any atom is -0.426 e. The van der Waals surface area contributed by atoms with Crippen molar-refractivity contribution in [2.24, 2.45) is 88.8 Å². The van der Waals surface area contributed by atoms with Crippen LogP contribution in [0.2, 0.25) is 0 Å². The van der Waals surface area contributed by atoms with E-state index in [1.54, 1.807) is 0 Å². The first-order valence-corrected chi connectivity index (χ1v) is 44.9. The lowest BCUT2D eigenvalue weighted by Gasteiger charge is -2.37. The molecule has 0 aliphatic heterocycles. The molecule has 9 aliphatic carbocycles. The van der Waals surface area contributed by atoms with Crippen molar-refractivity contribution in [2.45, 2.75) is 387 Å². The number of carbonyl (C=O) groups excluding carboxylic acids is 3. The topological polar surface area (TPSA) is 78.9 Å². The number of carbonyl (C=O) groups is 3. The Hall–Kier alpha value is -3.93. The van der Waals surface area contributed by atoms with Crippen molar-refractivity contribution in [2.75, 3.05) is 0 Å². The van der Waals surface area contributed by atoms with Gasteiger partial charge in [0.1, 0.15) is 17.2 Å². The third-order valence-electron chi connectivity index (χ3n) is 29.2. The van der Waals surface area contributed by atoms with Crippen molar-refractivity contribution in [1.29, 1.82) is 0 Å². The van der Waals surface area contributed by atoms with Gasteiger partial charge in [-0.2, -0.15) is 0 Å². The maximum absolute atomic E-state index is 12.9. The summed E-state index contributed by atoms with van der Waals surface area (Å²) in [5, 5.41) is 0. The Kier molecular flexibility index (Phi) is 34.6. The van der Waals surface area contributed by atoms with Crippen LogP contribution in [0, 0.1) is 88.8 Å². The predicted octanol–water partition coefficient (Wildman–Crippen LogP) is 28.4. The van der Waals surface area contributed by atoms with Crippen LogP contribution in [0.1, 0.15) is 403 Å². The highest BCUT2D eigenvalue weighted by Gasteiger charge is 2.38. The van der Waals surface area contributed by atoms with E-state index in [9.17, 15) is 14.4 Å². The van der Waals surface area contributed by atoms with E-state index < -0.39 is 0 Å². The number of benzene rings is 3. The standard InChI is InChI=1S/C33H52O2.C32H50O2.C31H48O2/c1-3-5-6-8-26-11-15-28(16-12-26)30-21-23-32(24-22-30)35-33(34)31-19-17-29(18-20-31)27-13-9-25(7-4-2)10-14-27;1-3-5-7-25-10-14-27(15-11-25)29-20-22-31(23-21-29)34-32(33)30-18-16-28(17-19-30)26-12-8-24(6-4-2)9-13-26;1-3-5-23-7-11-25(12-8-23)27-15-17-29(18-16-27)31(32)33-30-21-19-28(20-22-30)26-13-9-24(6-4-2)10-14-26/h21-29,31H,3-20H2,1-2H3;20-28,30H,3-19H2,1-2H3;19-27,29H,3-18H2,1-2H3. The van der Waals surface area contributed by atoms with Crippen LogP contribution in [0.3, 0.4) is 0 Å². The molecular weight excluding hydrogens is 1250 g/mol. The zero-order valence-electron chi connectivity index (χ0n) is 66.3. The number of hydrogen-bond acceptors (Lipinski definition) is 6. The second-order valence-corrected chi connectivity index (χ2v) is 36.1.